The van der Waals surface area contributed by atoms with Gasteiger partial charge in [-0.15, -0.1) is 0 Å². The molecular weight excluding hydrogens is 677 g/mol. The predicted octanol–water partition coefficient (Wildman–Crippen LogP) is 5.40. The minimum absolute atomic E-state index is 0.0768. The number of hydrogen-bond acceptors (Lipinski definition) is 6. The van der Waals surface area contributed by atoms with E-state index in [1.54, 1.807) is 31.2 Å². The fourth-order valence-corrected chi connectivity index (χ4v) is 7.34. The maximum Gasteiger partial charge on any atom is 0.238 e. The number of imide groups is 1. The lowest BCUT2D eigenvalue weighted by Gasteiger charge is -2.42. The second kappa shape index (κ2) is 9.55. The van der Waals surface area contributed by atoms with Crippen molar-refractivity contribution in [1.82, 2.24) is 0 Å². The van der Waals surface area contributed by atoms with Gasteiger partial charge in [0, 0.05) is 26.2 Å². The van der Waals surface area contributed by atoms with Crippen molar-refractivity contribution in [2.24, 2.45) is 17.8 Å². The van der Waals surface area contributed by atoms with Gasteiger partial charge >= 0.3 is 0 Å². The Morgan fingerprint density at radius 1 is 1.05 bits per heavy atom. The molecule has 198 valence electrons. The maximum atomic E-state index is 13.9. The summed E-state index contributed by atoms with van der Waals surface area (Å²) in [7, 11) is 1.44. The molecule has 2 aromatic carbocycles. The summed E-state index contributed by atoms with van der Waals surface area (Å²) in [5.41, 5.74) is 3.16. The number of fused-ring (bicyclic) bond motifs is 3. The number of methoxy groups -OCH3 is 1. The van der Waals surface area contributed by atoms with Gasteiger partial charge in [-0.3, -0.25) is 24.1 Å². The number of phenols is 1. The first-order valence-electron chi connectivity index (χ1n) is 12.5. The van der Waals surface area contributed by atoms with Gasteiger partial charge in [0.25, 0.3) is 0 Å². The van der Waals surface area contributed by atoms with E-state index >= 15 is 0 Å². The van der Waals surface area contributed by atoms with Crippen LogP contribution in [0, 0.1) is 21.3 Å². The standard InChI is InChI=1S/C30H23BrINO6/c1-13-9-22(34)26-20(27(13)35)12-19-17(24(26)14-10-21(31)28(36)23(11-14)39-2)7-8-18-25(19)30(38)33(29(18)37)16-5-3-15(32)4-6-16/h3-7,9-11,18-19,24-25,36H,8,12H2,1-2H3/t18-,19+,24-,25-/m0/s1. The Balaban J connectivity index is 1.51. The quantitative estimate of drug-likeness (QED) is 0.199. The Labute approximate surface area is 246 Å². The highest BCUT2D eigenvalue weighted by atomic mass is 127. The van der Waals surface area contributed by atoms with Gasteiger partial charge in [0.15, 0.2) is 23.1 Å². The van der Waals surface area contributed by atoms with Crippen LogP contribution in [-0.4, -0.2) is 35.6 Å². The third-order valence-electron chi connectivity index (χ3n) is 8.25. The number of carbonyl (C=O) groups is 4. The number of benzene rings is 2. The molecule has 6 rings (SSSR count). The van der Waals surface area contributed by atoms with E-state index in [1.165, 1.54) is 18.1 Å². The predicted molar refractivity (Wildman–Crippen MR) is 155 cm³/mol. The third kappa shape index (κ3) is 3.96. The van der Waals surface area contributed by atoms with Gasteiger partial charge in [-0.25, -0.2) is 0 Å². The zero-order valence-corrected chi connectivity index (χ0v) is 24.8. The first-order valence-corrected chi connectivity index (χ1v) is 14.4. The van der Waals surface area contributed by atoms with E-state index in [0.29, 0.717) is 38.9 Å². The molecule has 7 nitrogen and oxygen atoms in total. The van der Waals surface area contributed by atoms with E-state index < -0.39 is 23.7 Å². The van der Waals surface area contributed by atoms with Crippen LogP contribution in [0.2, 0.25) is 0 Å². The molecule has 0 radical (unpaired) electrons. The minimum Gasteiger partial charge on any atom is -0.503 e. The van der Waals surface area contributed by atoms with Crippen LogP contribution in [0.4, 0.5) is 5.69 Å². The van der Waals surface area contributed by atoms with Crippen molar-refractivity contribution < 1.29 is 29.0 Å². The van der Waals surface area contributed by atoms with Gasteiger partial charge in [-0.1, -0.05) is 11.6 Å². The number of allylic oxidation sites excluding steroid dienone is 6. The third-order valence-corrected chi connectivity index (χ3v) is 9.57. The Bertz CT molecular complexity index is 1590. The highest BCUT2D eigenvalue weighted by molar-refractivity contribution is 14.1. The molecule has 1 aliphatic heterocycles. The number of ether oxygens (including phenoxy) is 1. The van der Waals surface area contributed by atoms with Gasteiger partial charge in [0.2, 0.25) is 11.8 Å². The van der Waals surface area contributed by atoms with Crippen molar-refractivity contribution >= 4 is 67.6 Å². The van der Waals surface area contributed by atoms with E-state index in [-0.39, 0.29) is 41.3 Å². The zero-order valence-electron chi connectivity index (χ0n) is 21.0. The molecule has 0 spiro atoms. The van der Waals surface area contributed by atoms with Crippen molar-refractivity contribution in [3.8, 4) is 11.5 Å². The van der Waals surface area contributed by atoms with Crippen LogP contribution in [0.1, 0.15) is 31.2 Å². The second-order valence-electron chi connectivity index (χ2n) is 10.3. The Morgan fingerprint density at radius 2 is 1.77 bits per heavy atom. The number of halogens is 2. The maximum absolute atomic E-state index is 13.9. The average molecular weight is 700 g/mol. The van der Waals surface area contributed by atoms with Gasteiger partial charge in [-0.2, -0.15) is 0 Å². The molecule has 4 atom stereocenters. The summed E-state index contributed by atoms with van der Waals surface area (Å²) in [5, 5.41) is 10.4. The Kier molecular flexibility index (Phi) is 6.41. The summed E-state index contributed by atoms with van der Waals surface area (Å²) in [5.74, 6) is -3.09. The second-order valence-corrected chi connectivity index (χ2v) is 12.4. The zero-order chi connectivity index (χ0) is 27.7. The number of aromatic hydroxyl groups is 1. The van der Waals surface area contributed by atoms with Crippen LogP contribution in [0.25, 0.3) is 0 Å². The fraction of sp³-hybridized carbons (Fsp3) is 0.267. The van der Waals surface area contributed by atoms with Crippen molar-refractivity contribution in [3.63, 3.8) is 0 Å². The van der Waals surface area contributed by atoms with Crippen LogP contribution < -0.4 is 9.64 Å². The van der Waals surface area contributed by atoms with E-state index in [1.807, 2.05) is 18.2 Å². The first-order chi connectivity index (χ1) is 18.6. The largest absolute Gasteiger partial charge is 0.503 e. The number of Topliss-reactive ketones (excluding diaryl/α,β-unsaturated/α-hetero) is 1. The number of anilines is 1. The van der Waals surface area contributed by atoms with Crippen molar-refractivity contribution in [2.45, 2.75) is 25.7 Å². The lowest BCUT2D eigenvalue weighted by Crippen LogP contribution is -2.39. The van der Waals surface area contributed by atoms with Gasteiger partial charge in [-0.05, 0) is 112 Å². The van der Waals surface area contributed by atoms with Crippen LogP contribution >= 0.6 is 38.5 Å². The highest BCUT2D eigenvalue weighted by Crippen LogP contribution is 2.56. The van der Waals surface area contributed by atoms with Crippen LogP contribution in [-0.2, 0) is 19.2 Å². The first kappa shape index (κ1) is 26.2. The molecule has 1 saturated heterocycles. The molecule has 39 heavy (non-hydrogen) atoms. The Hall–Kier alpha value is -3.05. The lowest BCUT2D eigenvalue weighted by molar-refractivity contribution is -0.123. The molecule has 1 heterocycles. The smallest absolute Gasteiger partial charge is 0.238 e. The molecule has 9 heteroatoms. The Morgan fingerprint density at radius 3 is 2.46 bits per heavy atom. The number of nitrogens with zero attached hydrogens (tertiary/aromatic N) is 1. The van der Waals surface area contributed by atoms with E-state index in [4.69, 9.17) is 4.74 Å². The number of amides is 2. The summed E-state index contributed by atoms with van der Waals surface area (Å²) in [6.45, 7) is 1.62. The van der Waals surface area contributed by atoms with Crippen LogP contribution in [0.15, 0.2) is 75.3 Å². The van der Waals surface area contributed by atoms with Gasteiger partial charge in [0.05, 0.1) is 29.1 Å². The van der Waals surface area contributed by atoms with Crippen molar-refractivity contribution in [2.75, 3.05) is 12.0 Å². The topological polar surface area (TPSA) is 101 Å². The summed E-state index contributed by atoms with van der Waals surface area (Å²) >= 11 is 5.56. The number of phenolic OH excluding ortho intramolecular Hbond substituents is 1. The normalized spacial score (nSPS) is 26.2. The molecule has 3 aliphatic carbocycles. The fourth-order valence-electron chi connectivity index (χ4n) is 6.52. The van der Waals surface area contributed by atoms with Crippen molar-refractivity contribution in [1.29, 1.82) is 0 Å². The van der Waals surface area contributed by atoms with Gasteiger partial charge in [0.1, 0.15) is 0 Å². The van der Waals surface area contributed by atoms with Crippen LogP contribution in [0.5, 0.6) is 11.5 Å². The summed E-state index contributed by atoms with van der Waals surface area (Å²) in [6, 6.07) is 10.6. The van der Waals surface area contributed by atoms with E-state index in [0.717, 1.165) is 9.14 Å². The number of carbonyl (C=O) groups excluding carboxylic acids is 4. The molecule has 0 unspecified atom stereocenters. The summed E-state index contributed by atoms with van der Waals surface area (Å²) in [4.78, 5) is 55.6. The molecule has 4 aliphatic rings. The highest BCUT2D eigenvalue weighted by Gasteiger charge is 2.56. The monoisotopic (exact) mass is 699 g/mol. The minimum atomic E-state index is -0.648. The summed E-state index contributed by atoms with van der Waals surface area (Å²) < 4.78 is 6.76. The molecule has 1 fully saturated rings. The summed E-state index contributed by atoms with van der Waals surface area (Å²) in [6.07, 6.45) is 3.91. The van der Waals surface area contributed by atoms with Crippen molar-refractivity contribution in [3.05, 3.63) is 84.4 Å². The van der Waals surface area contributed by atoms with E-state index in [9.17, 15) is 24.3 Å². The molecule has 2 aromatic rings. The molecule has 0 aromatic heterocycles. The van der Waals surface area contributed by atoms with Crippen LogP contribution in [0.3, 0.4) is 0 Å². The average Bonchev–Trinajstić information content (AvgIpc) is 3.18. The molecule has 0 bridgehead atoms. The molecule has 1 N–H and O–H groups in total. The molecular formula is C30H23BrINO6. The molecule has 2 amide bonds. The number of ketones is 2. The molecule has 0 saturated carbocycles. The van der Waals surface area contributed by atoms with E-state index in [2.05, 4.69) is 38.5 Å². The SMILES string of the molecule is COc1cc([C@H]2C3=CC[C@@H]4C(=O)N(c5ccc(I)cc5)C(=O)[C@@H]4[C@@H]3CC3=C2C(=O)C=C(C)C3=O)cc(Br)c1O. The number of hydrogen-bond donors (Lipinski definition) is 1. The van der Waals surface area contributed by atoms with Gasteiger partial charge < -0.3 is 9.84 Å². The lowest BCUT2D eigenvalue weighted by atomic mass is 9.59. The number of rotatable bonds is 3.